The Balaban J connectivity index is 1.67. The number of carbonyl (C=O) groups excluding carboxylic acids is 1. The minimum Gasteiger partial charge on any atom is -0.468 e. The van der Waals surface area contributed by atoms with E-state index in [1.165, 1.54) is 18.3 Å². The summed E-state index contributed by atoms with van der Waals surface area (Å²) in [6.45, 7) is -1.45. The van der Waals surface area contributed by atoms with E-state index >= 15 is 0 Å². The number of halogens is 3. The molecule has 25 heavy (non-hydrogen) atoms. The number of alkyl halides is 3. The number of fused-ring (bicyclic) bond motifs is 2. The van der Waals surface area contributed by atoms with Gasteiger partial charge >= 0.3 is 6.18 Å². The number of nitrogens with zero attached hydrogens (tertiary/aromatic N) is 1. The Morgan fingerprint density at radius 1 is 1.20 bits per heavy atom. The number of sulfone groups is 1. The van der Waals surface area contributed by atoms with Crippen molar-refractivity contribution in [1.82, 2.24) is 4.98 Å². The van der Waals surface area contributed by atoms with Crippen molar-refractivity contribution >= 4 is 15.6 Å². The predicted octanol–water partition coefficient (Wildman–Crippen LogP) is 2.95. The lowest BCUT2D eigenvalue weighted by Crippen LogP contribution is -2.45. The molecule has 2 saturated heterocycles. The summed E-state index contributed by atoms with van der Waals surface area (Å²) >= 11 is 0. The summed E-state index contributed by atoms with van der Waals surface area (Å²) in [5.41, 5.74) is 0.265. The fraction of sp³-hybridized carbons (Fsp3) is 0.625. The van der Waals surface area contributed by atoms with Crippen molar-refractivity contribution < 1.29 is 31.1 Å². The highest BCUT2D eigenvalue weighted by atomic mass is 32.2. The van der Waals surface area contributed by atoms with E-state index in [-0.39, 0.29) is 23.1 Å². The van der Waals surface area contributed by atoms with E-state index in [0.29, 0.717) is 25.7 Å². The summed E-state index contributed by atoms with van der Waals surface area (Å²) < 4.78 is 65.4. The molecule has 0 aliphatic carbocycles. The predicted molar refractivity (Wildman–Crippen MR) is 83.2 cm³/mol. The van der Waals surface area contributed by atoms with Crippen LogP contribution in [0, 0.1) is 5.92 Å². The molecule has 2 atom stereocenters. The number of carbonyl (C=O) groups is 1. The van der Waals surface area contributed by atoms with E-state index in [2.05, 4.69) is 9.72 Å². The van der Waals surface area contributed by atoms with Crippen molar-refractivity contribution in [2.75, 3.05) is 6.61 Å². The van der Waals surface area contributed by atoms with Crippen LogP contribution >= 0.6 is 0 Å². The molecular weight excluding hydrogens is 359 g/mol. The first-order chi connectivity index (χ1) is 11.7. The molecule has 5 nitrogen and oxygen atoms in total. The van der Waals surface area contributed by atoms with Gasteiger partial charge in [0.25, 0.3) is 0 Å². The zero-order valence-corrected chi connectivity index (χ0v) is 14.1. The lowest BCUT2D eigenvalue weighted by Gasteiger charge is -2.38. The van der Waals surface area contributed by atoms with Crippen LogP contribution in [0.3, 0.4) is 0 Å². The maximum Gasteiger partial charge on any atom is 0.422 e. The average Bonchev–Trinajstić information content (AvgIpc) is 2.51. The van der Waals surface area contributed by atoms with Gasteiger partial charge in [-0.25, -0.2) is 13.4 Å². The number of hydrogen-bond donors (Lipinski definition) is 0. The van der Waals surface area contributed by atoms with Gasteiger partial charge in [-0.1, -0.05) is 6.42 Å². The van der Waals surface area contributed by atoms with Crippen LogP contribution in [0.25, 0.3) is 0 Å². The van der Waals surface area contributed by atoms with Gasteiger partial charge in [0.1, 0.15) is 0 Å². The first kappa shape index (κ1) is 18.2. The van der Waals surface area contributed by atoms with Crippen LogP contribution in [0.1, 0.15) is 42.5 Å². The highest BCUT2D eigenvalue weighted by Gasteiger charge is 2.46. The zero-order valence-electron chi connectivity index (χ0n) is 13.3. The third-order valence-electron chi connectivity index (χ3n) is 4.85. The Bertz CT molecular complexity index is 726. The van der Waals surface area contributed by atoms with E-state index in [1.807, 2.05) is 0 Å². The molecule has 0 N–H and O–H groups in total. The first-order valence-electron chi connectivity index (χ1n) is 8.09. The molecule has 3 heterocycles. The third-order valence-corrected chi connectivity index (χ3v) is 7.57. The van der Waals surface area contributed by atoms with Gasteiger partial charge in [-0.05, 0) is 31.7 Å². The second-order valence-corrected chi connectivity index (χ2v) is 9.10. The standard InChI is InChI=1S/C16H18F3NO4S/c17-16(18,19)9-24-14-5-4-10(8-20-14)15(21)11-6-12-2-1-3-13(7-11)25(12,22)23/h4-5,8,11-13H,1-3,6-7,9H2. The Labute approximate surface area is 143 Å². The molecule has 138 valence electrons. The van der Waals surface area contributed by atoms with Crippen LogP contribution in [0.15, 0.2) is 18.3 Å². The topological polar surface area (TPSA) is 73.3 Å². The van der Waals surface area contributed by atoms with Crippen LogP contribution in [0.2, 0.25) is 0 Å². The second kappa shape index (κ2) is 6.59. The fourth-order valence-corrected chi connectivity index (χ4v) is 6.16. The normalized spacial score (nSPS) is 28.4. The molecule has 0 amide bonds. The highest BCUT2D eigenvalue weighted by molar-refractivity contribution is 7.92. The average molecular weight is 377 g/mol. The number of ketones is 1. The summed E-state index contributed by atoms with van der Waals surface area (Å²) in [7, 11) is -3.14. The minimum atomic E-state index is -4.46. The molecule has 2 fully saturated rings. The largest absolute Gasteiger partial charge is 0.468 e. The quantitative estimate of drug-likeness (QED) is 0.755. The van der Waals surface area contributed by atoms with Gasteiger partial charge < -0.3 is 4.74 Å². The molecule has 1 aromatic rings. The smallest absolute Gasteiger partial charge is 0.422 e. The van der Waals surface area contributed by atoms with Gasteiger partial charge in [-0.2, -0.15) is 13.2 Å². The van der Waals surface area contributed by atoms with Gasteiger partial charge in [0.05, 0.1) is 10.5 Å². The number of Topliss-reactive ketones (excluding diaryl/α,β-unsaturated/α-hetero) is 1. The number of aromatic nitrogens is 1. The molecule has 0 spiro atoms. The van der Waals surface area contributed by atoms with E-state index in [1.54, 1.807) is 0 Å². The van der Waals surface area contributed by atoms with Crippen molar-refractivity contribution in [2.45, 2.75) is 48.8 Å². The molecule has 2 bridgehead atoms. The summed E-state index contributed by atoms with van der Waals surface area (Å²) in [5.74, 6) is -0.804. The Morgan fingerprint density at radius 3 is 2.36 bits per heavy atom. The van der Waals surface area contributed by atoms with Crippen molar-refractivity contribution in [3.63, 3.8) is 0 Å². The summed E-state index contributed by atoms with van der Waals surface area (Å²) in [6.07, 6.45) is -0.610. The van der Waals surface area contributed by atoms with Gasteiger partial charge in [-0.15, -0.1) is 0 Å². The fourth-order valence-electron chi connectivity index (χ4n) is 3.63. The Morgan fingerprint density at radius 2 is 1.84 bits per heavy atom. The van der Waals surface area contributed by atoms with Crippen molar-refractivity contribution in [3.05, 3.63) is 23.9 Å². The Kier molecular flexibility index (Phi) is 4.78. The van der Waals surface area contributed by atoms with E-state index in [4.69, 9.17) is 0 Å². The van der Waals surface area contributed by atoms with Gasteiger partial charge in [0.15, 0.2) is 22.2 Å². The number of rotatable bonds is 4. The SMILES string of the molecule is O=C(c1ccc(OCC(F)(F)F)nc1)C1CC2CCCC(C1)S2(=O)=O. The van der Waals surface area contributed by atoms with Gasteiger partial charge in [-0.3, -0.25) is 4.79 Å². The number of pyridine rings is 1. The molecule has 0 radical (unpaired) electrons. The van der Waals surface area contributed by atoms with Crippen molar-refractivity contribution in [1.29, 1.82) is 0 Å². The van der Waals surface area contributed by atoms with E-state index < -0.39 is 33.1 Å². The maximum absolute atomic E-state index is 12.6. The molecular formula is C16H18F3NO4S. The lowest BCUT2D eigenvalue weighted by atomic mass is 9.85. The second-order valence-electron chi connectivity index (χ2n) is 6.59. The molecule has 2 aliphatic rings. The monoisotopic (exact) mass is 377 g/mol. The summed E-state index contributed by atoms with van der Waals surface area (Å²) in [4.78, 5) is 16.4. The summed E-state index contributed by atoms with van der Waals surface area (Å²) in [5, 5.41) is -0.924. The van der Waals surface area contributed by atoms with Gasteiger partial charge in [0.2, 0.25) is 5.88 Å². The molecule has 2 aliphatic heterocycles. The third kappa shape index (κ3) is 3.96. The van der Waals surface area contributed by atoms with E-state index in [9.17, 15) is 26.4 Å². The number of ether oxygens (including phenoxy) is 1. The Hall–Kier alpha value is -1.64. The van der Waals surface area contributed by atoms with Crippen LogP contribution in [0.4, 0.5) is 13.2 Å². The minimum absolute atomic E-state index is 0.207. The lowest BCUT2D eigenvalue weighted by molar-refractivity contribution is -0.154. The summed E-state index contributed by atoms with van der Waals surface area (Å²) in [6, 6.07) is 2.60. The van der Waals surface area contributed by atoms with Crippen LogP contribution in [-0.4, -0.2) is 42.5 Å². The first-order valence-corrected chi connectivity index (χ1v) is 9.70. The highest BCUT2D eigenvalue weighted by Crippen LogP contribution is 2.40. The van der Waals surface area contributed by atoms with Crippen LogP contribution < -0.4 is 4.74 Å². The maximum atomic E-state index is 12.6. The van der Waals surface area contributed by atoms with E-state index in [0.717, 1.165) is 6.42 Å². The molecule has 9 heteroatoms. The number of hydrogen-bond acceptors (Lipinski definition) is 5. The van der Waals surface area contributed by atoms with Crippen LogP contribution in [0.5, 0.6) is 5.88 Å². The van der Waals surface area contributed by atoms with Crippen molar-refractivity contribution in [2.24, 2.45) is 5.92 Å². The molecule has 1 aromatic heterocycles. The molecule has 0 aromatic carbocycles. The zero-order chi connectivity index (χ0) is 18.2. The molecule has 0 saturated carbocycles. The molecule has 2 unspecified atom stereocenters. The van der Waals surface area contributed by atoms with Crippen LogP contribution in [-0.2, 0) is 9.84 Å². The van der Waals surface area contributed by atoms with Gasteiger partial charge in [0, 0.05) is 23.7 Å². The van der Waals surface area contributed by atoms with Crippen molar-refractivity contribution in [3.8, 4) is 5.88 Å². The molecule has 3 rings (SSSR count).